The molecule has 29 heavy (non-hydrogen) atoms. The van der Waals surface area contributed by atoms with Crippen molar-refractivity contribution in [2.75, 3.05) is 31.1 Å². The molecule has 1 saturated carbocycles. The Labute approximate surface area is 175 Å². The molecule has 3 aromatic rings. The van der Waals surface area contributed by atoms with E-state index in [1.165, 1.54) is 25.7 Å². The van der Waals surface area contributed by atoms with Crippen LogP contribution in [0.1, 0.15) is 36.2 Å². The molecule has 1 saturated heterocycles. The minimum Gasteiger partial charge on any atom is -0.368 e. The lowest BCUT2D eigenvalue weighted by atomic mass is 10.1. The van der Waals surface area contributed by atoms with Gasteiger partial charge in [0.2, 0.25) is 0 Å². The van der Waals surface area contributed by atoms with E-state index in [1.54, 1.807) is 22.8 Å². The molecule has 0 radical (unpaired) electrons. The normalized spacial score (nSPS) is 18.6. The van der Waals surface area contributed by atoms with Gasteiger partial charge in [-0.15, -0.1) is 0 Å². The molecule has 0 N–H and O–H groups in total. The van der Waals surface area contributed by atoms with Crippen molar-refractivity contribution in [2.45, 2.75) is 31.7 Å². The molecule has 0 atom stereocenters. The van der Waals surface area contributed by atoms with Crippen LogP contribution in [0.2, 0.25) is 5.02 Å². The SMILES string of the molecule is O=Cc1ccc2ncc(-c3ccc(N4CCN(C5CCCC5)CC4)c(Cl)c3)n2n1. The molecule has 2 fully saturated rings. The van der Waals surface area contributed by atoms with Crippen LogP contribution in [0.4, 0.5) is 5.69 Å². The fourth-order valence-corrected chi connectivity index (χ4v) is 4.97. The summed E-state index contributed by atoms with van der Waals surface area (Å²) in [6.07, 6.45) is 7.98. The average molecular weight is 410 g/mol. The fourth-order valence-electron chi connectivity index (χ4n) is 4.67. The summed E-state index contributed by atoms with van der Waals surface area (Å²) in [5.74, 6) is 0. The lowest BCUT2D eigenvalue weighted by Crippen LogP contribution is -2.49. The molecule has 2 aromatic heterocycles. The molecule has 1 aliphatic carbocycles. The molecule has 2 aliphatic rings. The first-order chi connectivity index (χ1) is 14.2. The van der Waals surface area contributed by atoms with Crippen molar-refractivity contribution in [3.05, 3.63) is 47.2 Å². The lowest BCUT2D eigenvalue weighted by Gasteiger charge is -2.39. The molecule has 0 spiro atoms. The van der Waals surface area contributed by atoms with Crippen molar-refractivity contribution in [2.24, 2.45) is 0 Å². The molecule has 1 aromatic carbocycles. The van der Waals surface area contributed by atoms with Gasteiger partial charge in [0.05, 0.1) is 22.6 Å². The Hall–Kier alpha value is -2.44. The number of anilines is 1. The van der Waals surface area contributed by atoms with Gasteiger partial charge in [-0.05, 0) is 37.1 Å². The number of rotatable bonds is 4. The predicted molar refractivity (Wildman–Crippen MR) is 115 cm³/mol. The second kappa shape index (κ2) is 7.76. The van der Waals surface area contributed by atoms with E-state index in [4.69, 9.17) is 11.6 Å². The summed E-state index contributed by atoms with van der Waals surface area (Å²) in [5, 5.41) is 5.08. The van der Waals surface area contributed by atoms with Crippen molar-refractivity contribution >= 4 is 29.2 Å². The van der Waals surface area contributed by atoms with Crippen LogP contribution >= 0.6 is 11.6 Å². The Bertz CT molecular complexity index is 1030. The number of benzene rings is 1. The molecule has 0 unspecified atom stereocenters. The van der Waals surface area contributed by atoms with E-state index in [0.29, 0.717) is 11.3 Å². The zero-order valence-corrected chi connectivity index (χ0v) is 17.1. The van der Waals surface area contributed by atoms with Crippen LogP contribution in [-0.4, -0.2) is 58.0 Å². The first-order valence-electron chi connectivity index (χ1n) is 10.3. The highest BCUT2D eigenvalue weighted by atomic mass is 35.5. The largest absolute Gasteiger partial charge is 0.368 e. The van der Waals surface area contributed by atoms with E-state index >= 15 is 0 Å². The number of hydrogen-bond acceptors (Lipinski definition) is 5. The summed E-state index contributed by atoms with van der Waals surface area (Å²) in [4.78, 5) is 20.5. The summed E-state index contributed by atoms with van der Waals surface area (Å²) in [6, 6.07) is 10.4. The summed E-state index contributed by atoms with van der Waals surface area (Å²) >= 11 is 6.69. The number of nitrogens with zero attached hydrogens (tertiary/aromatic N) is 5. The summed E-state index contributed by atoms with van der Waals surface area (Å²) in [7, 11) is 0. The van der Waals surface area contributed by atoms with E-state index in [2.05, 4.69) is 32.0 Å². The van der Waals surface area contributed by atoms with Gasteiger partial charge < -0.3 is 4.90 Å². The maximum absolute atomic E-state index is 11.1. The van der Waals surface area contributed by atoms with E-state index in [1.807, 2.05) is 6.07 Å². The Morgan fingerprint density at radius 3 is 2.55 bits per heavy atom. The van der Waals surface area contributed by atoms with E-state index < -0.39 is 0 Å². The molecule has 1 aliphatic heterocycles. The van der Waals surface area contributed by atoms with E-state index in [0.717, 1.165) is 60.5 Å². The highest BCUT2D eigenvalue weighted by Gasteiger charge is 2.26. The van der Waals surface area contributed by atoms with Crippen molar-refractivity contribution in [1.82, 2.24) is 19.5 Å². The number of halogens is 1. The number of piperazine rings is 1. The number of fused-ring (bicyclic) bond motifs is 1. The highest BCUT2D eigenvalue weighted by molar-refractivity contribution is 6.33. The maximum atomic E-state index is 11.1. The monoisotopic (exact) mass is 409 g/mol. The van der Waals surface area contributed by atoms with Gasteiger partial charge >= 0.3 is 0 Å². The summed E-state index contributed by atoms with van der Waals surface area (Å²) < 4.78 is 1.69. The van der Waals surface area contributed by atoms with Crippen LogP contribution in [0.5, 0.6) is 0 Å². The van der Waals surface area contributed by atoms with Crippen molar-refractivity contribution < 1.29 is 4.79 Å². The Morgan fingerprint density at radius 2 is 1.83 bits per heavy atom. The molecule has 7 heteroatoms. The summed E-state index contributed by atoms with van der Waals surface area (Å²) in [5.41, 5.74) is 3.92. The third-order valence-corrected chi connectivity index (χ3v) is 6.55. The maximum Gasteiger partial charge on any atom is 0.170 e. The van der Waals surface area contributed by atoms with Crippen LogP contribution < -0.4 is 4.90 Å². The van der Waals surface area contributed by atoms with Gasteiger partial charge in [0, 0.05) is 37.8 Å². The molecule has 5 rings (SSSR count). The number of carbonyl (C=O) groups is 1. The second-order valence-corrected chi connectivity index (χ2v) is 8.32. The number of aromatic nitrogens is 3. The van der Waals surface area contributed by atoms with Gasteiger partial charge in [0.1, 0.15) is 5.69 Å². The van der Waals surface area contributed by atoms with E-state index in [9.17, 15) is 4.79 Å². The molecular weight excluding hydrogens is 386 g/mol. The number of imidazole rings is 1. The Balaban J connectivity index is 1.36. The summed E-state index contributed by atoms with van der Waals surface area (Å²) in [6.45, 7) is 4.23. The van der Waals surface area contributed by atoms with Gasteiger partial charge in [-0.3, -0.25) is 9.69 Å². The number of hydrogen-bond donors (Lipinski definition) is 0. The van der Waals surface area contributed by atoms with Crippen molar-refractivity contribution in [3.8, 4) is 11.3 Å². The zero-order chi connectivity index (χ0) is 19.8. The molecule has 0 amide bonds. The van der Waals surface area contributed by atoms with Crippen LogP contribution in [-0.2, 0) is 0 Å². The molecular formula is C22H24ClN5O. The van der Waals surface area contributed by atoms with Gasteiger partial charge in [-0.1, -0.05) is 30.5 Å². The molecule has 3 heterocycles. The smallest absolute Gasteiger partial charge is 0.170 e. The highest BCUT2D eigenvalue weighted by Crippen LogP contribution is 2.33. The first kappa shape index (κ1) is 18.6. The molecule has 150 valence electrons. The predicted octanol–water partition coefficient (Wildman–Crippen LogP) is 3.93. The third-order valence-electron chi connectivity index (χ3n) is 6.24. The van der Waals surface area contributed by atoms with Crippen LogP contribution in [0, 0.1) is 0 Å². The average Bonchev–Trinajstić information content (AvgIpc) is 3.43. The number of aldehydes is 1. The van der Waals surface area contributed by atoms with Crippen LogP contribution in [0.15, 0.2) is 36.5 Å². The van der Waals surface area contributed by atoms with Crippen molar-refractivity contribution in [1.29, 1.82) is 0 Å². The molecule has 0 bridgehead atoms. The van der Waals surface area contributed by atoms with Gasteiger partial charge in [0.25, 0.3) is 0 Å². The minimum absolute atomic E-state index is 0.375. The van der Waals surface area contributed by atoms with Crippen LogP contribution in [0.3, 0.4) is 0 Å². The first-order valence-corrected chi connectivity index (χ1v) is 10.7. The standard InChI is InChI=1S/C22H24ClN5O/c23-19-13-16(21-14-24-22-8-6-17(15-29)25-28(21)22)5-7-20(19)27-11-9-26(10-12-27)18-3-1-2-4-18/h5-8,13-15,18H,1-4,9-12H2. The minimum atomic E-state index is 0.375. The van der Waals surface area contributed by atoms with Gasteiger partial charge in [-0.25, -0.2) is 9.50 Å². The third kappa shape index (κ3) is 3.51. The number of carbonyl (C=O) groups excluding carboxylic acids is 1. The van der Waals surface area contributed by atoms with Gasteiger partial charge in [0.15, 0.2) is 11.9 Å². The van der Waals surface area contributed by atoms with Crippen LogP contribution in [0.25, 0.3) is 16.9 Å². The fraction of sp³-hybridized carbons (Fsp3) is 0.409. The second-order valence-electron chi connectivity index (χ2n) is 7.92. The quantitative estimate of drug-likeness (QED) is 0.611. The Kier molecular flexibility index (Phi) is 4.97. The lowest BCUT2D eigenvalue weighted by molar-refractivity contribution is 0.111. The van der Waals surface area contributed by atoms with E-state index in [-0.39, 0.29) is 0 Å². The van der Waals surface area contributed by atoms with Crippen molar-refractivity contribution in [3.63, 3.8) is 0 Å². The topological polar surface area (TPSA) is 53.7 Å². The Morgan fingerprint density at radius 1 is 1.03 bits per heavy atom. The molecule has 6 nitrogen and oxygen atoms in total. The van der Waals surface area contributed by atoms with Gasteiger partial charge in [-0.2, -0.15) is 5.10 Å². The zero-order valence-electron chi connectivity index (χ0n) is 16.3.